The molecular formula is C13H18ClN3O2. The number of hydrogen-bond donors (Lipinski definition) is 3. The Balaban J connectivity index is 2.89. The molecule has 0 radical (unpaired) electrons. The first-order chi connectivity index (χ1) is 8.86. The molecular weight excluding hydrogens is 266 g/mol. The van der Waals surface area contributed by atoms with Gasteiger partial charge in [0.1, 0.15) is 0 Å². The molecule has 1 rings (SSSR count). The molecule has 0 aliphatic heterocycles. The molecule has 1 atom stereocenters. The minimum Gasteiger partial charge on any atom is -0.409 e. The number of anilines is 1. The number of carbonyl (C=O) groups excluding carboxylic acids is 1. The van der Waals surface area contributed by atoms with Crippen LogP contribution in [-0.4, -0.2) is 17.0 Å². The Hall–Kier alpha value is -1.75. The van der Waals surface area contributed by atoms with E-state index >= 15 is 0 Å². The highest BCUT2D eigenvalue weighted by Gasteiger charge is 2.17. The molecule has 104 valence electrons. The number of amidine groups is 1. The Bertz CT molecular complexity index is 501. The first-order valence-electron chi connectivity index (χ1n) is 5.95. The number of nitrogens with zero attached hydrogens (tertiary/aromatic N) is 1. The van der Waals surface area contributed by atoms with Gasteiger partial charge in [-0.25, -0.2) is 0 Å². The molecule has 6 heteroatoms. The molecule has 0 heterocycles. The fourth-order valence-corrected chi connectivity index (χ4v) is 1.61. The summed E-state index contributed by atoms with van der Waals surface area (Å²) in [6.45, 7) is 5.82. The zero-order chi connectivity index (χ0) is 14.6. The van der Waals surface area contributed by atoms with Crippen LogP contribution in [0, 0.1) is 11.8 Å². The topological polar surface area (TPSA) is 87.7 Å². The van der Waals surface area contributed by atoms with Crippen molar-refractivity contribution in [1.29, 1.82) is 0 Å². The van der Waals surface area contributed by atoms with E-state index in [2.05, 4.69) is 10.5 Å². The quantitative estimate of drug-likeness (QED) is 0.343. The van der Waals surface area contributed by atoms with Crippen LogP contribution in [0.15, 0.2) is 23.4 Å². The molecule has 0 saturated heterocycles. The number of oxime groups is 1. The van der Waals surface area contributed by atoms with Gasteiger partial charge in [0.25, 0.3) is 0 Å². The van der Waals surface area contributed by atoms with Crippen LogP contribution >= 0.6 is 11.6 Å². The normalized spacial score (nSPS) is 13.4. The minimum atomic E-state index is -0.111. The van der Waals surface area contributed by atoms with Gasteiger partial charge in [-0.1, -0.05) is 37.5 Å². The summed E-state index contributed by atoms with van der Waals surface area (Å²) in [4.78, 5) is 11.9. The number of halogens is 1. The van der Waals surface area contributed by atoms with E-state index in [1.165, 1.54) is 6.07 Å². The van der Waals surface area contributed by atoms with Crippen LogP contribution in [0.2, 0.25) is 5.02 Å². The number of amides is 1. The lowest BCUT2D eigenvalue weighted by Gasteiger charge is -2.16. The van der Waals surface area contributed by atoms with Gasteiger partial charge >= 0.3 is 0 Å². The Labute approximate surface area is 117 Å². The number of benzene rings is 1. The predicted octanol–water partition coefficient (Wildman–Crippen LogP) is 2.67. The van der Waals surface area contributed by atoms with Gasteiger partial charge in [0.2, 0.25) is 5.91 Å². The fraction of sp³-hybridized carbons (Fsp3) is 0.385. The van der Waals surface area contributed by atoms with Gasteiger partial charge in [0, 0.05) is 11.5 Å². The molecule has 0 spiro atoms. The molecule has 1 unspecified atom stereocenters. The lowest BCUT2D eigenvalue weighted by Crippen LogP contribution is -2.24. The zero-order valence-corrected chi connectivity index (χ0v) is 11.9. The monoisotopic (exact) mass is 283 g/mol. The van der Waals surface area contributed by atoms with Crippen molar-refractivity contribution >= 4 is 29.0 Å². The number of rotatable bonds is 4. The molecule has 0 saturated carbocycles. The molecule has 0 fully saturated rings. The minimum absolute atomic E-state index is 0.0321. The fourth-order valence-electron chi connectivity index (χ4n) is 1.38. The average molecular weight is 284 g/mol. The van der Waals surface area contributed by atoms with Crippen LogP contribution in [0.3, 0.4) is 0 Å². The van der Waals surface area contributed by atoms with E-state index in [0.29, 0.717) is 16.3 Å². The van der Waals surface area contributed by atoms with Crippen molar-refractivity contribution in [2.24, 2.45) is 22.7 Å². The lowest BCUT2D eigenvalue weighted by atomic mass is 9.97. The Kier molecular flexibility index (Phi) is 5.18. The van der Waals surface area contributed by atoms with Crippen LogP contribution in [0.4, 0.5) is 5.69 Å². The van der Waals surface area contributed by atoms with E-state index in [1.54, 1.807) is 12.1 Å². The Morgan fingerprint density at radius 3 is 2.53 bits per heavy atom. The summed E-state index contributed by atoms with van der Waals surface area (Å²) in [5.74, 6) is 0.0128. The first-order valence-corrected chi connectivity index (χ1v) is 6.33. The highest BCUT2D eigenvalue weighted by Crippen LogP contribution is 2.24. The first kappa shape index (κ1) is 15.3. The maximum atomic E-state index is 11.9. The SMILES string of the molecule is CC(C)C(C)C(=O)Nc1ccc(/C(N)=N/O)cc1Cl. The molecule has 1 amide bonds. The zero-order valence-electron chi connectivity index (χ0n) is 11.1. The summed E-state index contributed by atoms with van der Waals surface area (Å²) in [6.07, 6.45) is 0. The van der Waals surface area contributed by atoms with Gasteiger partial charge in [-0.05, 0) is 24.1 Å². The van der Waals surface area contributed by atoms with Gasteiger partial charge < -0.3 is 16.3 Å². The van der Waals surface area contributed by atoms with Gasteiger partial charge in [-0.2, -0.15) is 0 Å². The van der Waals surface area contributed by atoms with E-state index in [-0.39, 0.29) is 23.6 Å². The van der Waals surface area contributed by atoms with Crippen LogP contribution < -0.4 is 11.1 Å². The number of hydrogen-bond acceptors (Lipinski definition) is 3. The molecule has 0 aliphatic carbocycles. The van der Waals surface area contributed by atoms with Crippen LogP contribution in [-0.2, 0) is 4.79 Å². The van der Waals surface area contributed by atoms with Crippen molar-refractivity contribution < 1.29 is 10.0 Å². The third-order valence-electron chi connectivity index (χ3n) is 3.04. The van der Waals surface area contributed by atoms with E-state index in [1.807, 2.05) is 20.8 Å². The molecule has 4 N–H and O–H groups in total. The number of nitrogens with two attached hydrogens (primary N) is 1. The average Bonchev–Trinajstić information content (AvgIpc) is 2.38. The summed E-state index contributed by atoms with van der Waals surface area (Å²) in [5, 5.41) is 14.6. The summed E-state index contributed by atoms with van der Waals surface area (Å²) in [7, 11) is 0. The molecule has 19 heavy (non-hydrogen) atoms. The van der Waals surface area contributed by atoms with E-state index in [4.69, 9.17) is 22.5 Å². The van der Waals surface area contributed by atoms with Crippen LogP contribution in [0.5, 0.6) is 0 Å². The maximum Gasteiger partial charge on any atom is 0.227 e. The van der Waals surface area contributed by atoms with Crippen molar-refractivity contribution in [2.75, 3.05) is 5.32 Å². The largest absolute Gasteiger partial charge is 0.409 e. The maximum absolute atomic E-state index is 11.9. The highest BCUT2D eigenvalue weighted by atomic mass is 35.5. The third kappa shape index (κ3) is 3.86. The van der Waals surface area contributed by atoms with Crippen molar-refractivity contribution in [1.82, 2.24) is 0 Å². The predicted molar refractivity (Wildman–Crippen MR) is 76.6 cm³/mol. The number of carbonyl (C=O) groups is 1. The summed E-state index contributed by atoms with van der Waals surface area (Å²) < 4.78 is 0. The van der Waals surface area contributed by atoms with Gasteiger partial charge in [-0.3, -0.25) is 4.79 Å². The molecule has 0 aromatic heterocycles. The summed E-state index contributed by atoms with van der Waals surface area (Å²) >= 11 is 6.05. The van der Waals surface area contributed by atoms with Crippen molar-refractivity contribution in [3.63, 3.8) is 0 Å². The van der Waals surface area contributed by atoms with Crippen molar-refractivity contribution in [3.05, 3.63) is 28.8 Å². The Morgan fingerprint density at radius 1 is 1.42 bits per heavy atom. The molecule has 5 nitrogen and oxygen atoms in total. The number of nitrogens with one attached hydrogen (secondary N) is 1. The lowest BCUT2D eigenvalue weighted by molar-refractivity contribution is -0.120. The summed E-state index contributed by atoms with van der Waals surface area (Å²) in [5.41, 5.74) is 6.45. The standard InChI is InChI=1S/C13H18ClN3O2/c1-7(2)8(3)13(18)16-11-5-4-9(6-10(11)14)12(15)17-19/h4-8,19H,1-3H3,(H2,15,17)(H,16,18). The Morgan fingerprint density at radius 2 is 2.05 bits per heavy atom. The van der Waals surface area contributed by atoms with Crippen molar-refractivity contribution in [3.8, 4) is 0 Å². The van der Waals surface area contributed by atoms with Gasteiger partial charge in [0.05, 0.1) is 10.7 Å². The molecule has 1 aromatic rings. The van der Waals surface area contributed by atoms with Crippen molar-refractivity contribution in [2.45, 2.75) is 20.8 Å². The second-order valence-electron chi connectivity index (χ2n) is 4.70. The van der Waals surface area contributed by atoms with Gasteiger partial charge in [-0.15, -0.1) is 0 Å². The molecule has 0 bridgehead atoms. The second-order valence-corrected chi connectivity index (χ2v) is 5.11. The second kappa shape index (κ2) is 6.43. The van der Waals surface area contributed by atoms with Gasteiger partial charge in [0.15, 0.2) is 5.84 Å². The van der Waals surface area contributed by atoms with E-state index in [9.17, 15) is 4.79 Å². The smallest absolute Gasteiger partial charge is 0.227 e. The van der Waals surface area contributed by atoms with E-state index < -0.39 is 0 Å². The highest BCUT2D eigenvalue weighted by molar-refractivity contribution is 6.34. The molecule has 1 aromatic carbocycles. The van der Waals surface area contributed by atoms with E-state index in [0.717, 1.165) is 0 Å². The molecule has 0 aliphatic rings. The van der Waals surface area contributed by atoms with Crippen LogP contribution in [0.25, 0.3) is 0 Å². The third-order valence-corrected chi connectivity index (χ3v) is 3.36. The summed E-state index contributed by atoms with van der Waals surface area (Å²) in [6, 6.07) is 4.78. The van der Waals surface area contributed by atoms with Crippen LogP contribution in [0.1, 0.15) is 26.3 Å².